The lowest BCUT2D eigenvalue weighted by Crippen LogP contribution is -2.35. The molecule has 0 bridgehead atoms. The second-order valence-corrected chi connectivity index (χ2v) is 8.23. The Kier molecular flexibility index (Phi) is 7.36. The van der Waals surface area contributed by atoms with E-state index in [1.165, 1.54) is 6.92 Å². The van der Waals surface area contributed by atoms with Gasteiger partial charge in [-0.3, -0.25) is 0 Å². The number of hydrogen-bond acceptors (Lipinski definition) is 5. The van der Waals surface area contributed by atoms with E-state index in [0.29, 0.717) is 12.1 Å². The molecule has 1 aliphatic heterocycles. The first kappa shape index (κ1) is 25.0. The van der Waals surface area contributed by atoms with Crippen LogP contribution in [0.3, 0.4) is 0 Å². The fourth-order valence-electron chi connectivity index (χ4n) is 3.98. The van der Waals surface area contributed by atoms with Gasteiger partial charge in [0.2, 0.25) is 0 Å². The number of alkyl halides is 4. The predicted octanol–water partition coefficient (Wildman–Crippen LogP) is 5.20. The molecular formula is C22H21ClF5NO4. The van der Waals surface area contributed by atoms with E-state index in [1.807, 2.05) is 0 Å². The van der Waals surface area contributed by atoms with Gasteiger partial charge >= 0.3 is 18.1 Å². The minimum absolute atomic E-state index is 0.0136. The van der Waals surface area contributed by atoms with Crippen LogP contribution in [-0.2, 0) is 25.2 Å². The standard InChI is InChI=1S/C22H21ClF5NO4/c1-10-15(21(31)33-9-11-4-3-5-11)18(17(20(30)32-2)14(8-24)29-10)16-13(25)7-6-12(23)19(16)22(26,27)28/h6-7,11,18,29H,3-5,8-9H2,1-2H3. The number of carbonyl (C=O) groups excluding carboxylic acids is 2. The van der Waals surface area contributed by atoms with Crippen molar-refractivity contribution in [3.05, 3.63) is 56.6 Å². The number of hydrogen-bond donors (Lipinski definition) is 1. The van der Waals surface area contributed by atoms with E-state index in [1.54, 1.807) is 0 Å². The van der Waals surface area contributed by atoms with Crippen LogP contribution in [0.1, 0.15) is 43.2 Å². The van der Waals surface area contributed by atoms with Gasteiger partial charge in [-0.15, -0.1) is 0 Å². The Balaban J connectivity index is 2.26. The topological polar surface area (TPSA) is 64.6 Å². The zero-order valence-corrected chi connectivity index (χ0v) is 18.5. The van der Waals surface area contributed by atoms with Gasteiger partial charge in [-0.1, -0.05) is 18.0 Å². The fraction of sp³-hybridized carbons (Fsp3) is 0.455. The van der Waals surface area contributed by atoms with Crippen molar-refractivity contribution >= 4 is 23.5 Å². The molecule has 1 aliphatic carbocycles. The Morgan fingerprint density at radius 3 is 2.36 bits per heavy atom. The monoisotopic (exact) mass is 493 g/mol. The second-order valence-electron chi connectivity index (χ2n) is 7.83. The summed E-state index contributed by atoms with van der Waals surface area (Å²) in [4.78, 5) is 25.6. The van der Waals surface area contributed by atoms with Crippen molar-refractivity contribution in [1.29, 1.82) is 0 Å². The predicted molar refractivity (Wildman–Crippen MR) is 108 cm³/mol. The molecule has 1 N–H and O–H groups in total. The largest absolute Gasteiger partial charge is 0.466 e. The molecule has 1 aromatic rings. The molecule has 11 heteroatoms. The zero-order valence-electron chi connectivity index (χ0n) is 17.7. The van der Waals surface area contributed by atoms with Crippen molar-refractivity contribution in [2.24, 2.45) is 5.92 Å². The highest BCUT2D eigenvalue weighted by atomic mass is 35.5. The van der Waals surface area contributed by atoms with Gasteiger partial charge in [0.25, 0.3) is 0 Å². The van der Waals surface area contributed by atoms with Crippen LogP contribution in [0.2, 0.25) is 5.02 Å². The molecule has 1 unspecified atom stereocenters. The van der Waals surface area contributed by atoms with Gasteiger partial charge in [0.15, 0.2) is 0 Å². The number of halogens is 6. The fourth-order valence-corrected chi connectivity index (χ4v) is 4.25. The molecule has 1 saturated carbocycles. The summed E-state index contributed by atoms with van der Waals surface area (Å²) in [5.74, 6) is -5.52. The maximum atomic E-state index is 15.0. The number of nitrogens with one attached hydrogen (secondary N) is 1. The van der Waals surface area contributed by atoms with Crippen LogP contribution < -0.4 is 5.32 Å². The lowest BCUT2D eigenvalue weighted by molar-refractivity contribution is -0.143. The van der Waals surface area contributed by atoms with E-state index in [0.717, 1.165) is 26.4 Å². The van der Waals surface area contributed by atoms with Crippen LogP contribution in [0.25, 0.3) is 0 Å². The molecule has 0 aromatic heterocycles. The summed E-state index contributed by atoms with van der Waals surface area (Å²) < 4.78 is 80.7. The SMILES string of the molecule is COC(=O)C1=C(CF)NC(C)=C(C(=O)OCC2CCC2)C1c1c(F)ccc(Cl)c1C(F)(F)F. The normalized spacial score (nSPS) is 19.2. The Morgan fingerprint density at radius 1 is 1.18 bits per heavy atom. The van der Waals surface area contributed by atoms with Crippen molar-refractivity contribution in [3.8, 4) is 0 Å². The van der Waals surface area contributed by atoms with Crippen molar-refractivity contribution in [1.82, 2.24) is 5.32 Å². The van der Waals surface area contributed by atoms with Crippen LogP contribution >= 0.6 is 11.6 Å². The summed E-state index contributed by atoms with van der Waals surface area (Å²) in [6, 6.07) is 1.40. The summed E-state index contributed by atoms with van der Waals surface area (Å²) in [6.45, 7) is -0.00167. The minimum atomic E-state index is -5.15. The maximum absolute atomic E-state index is 15.0. The summed E-state index contributed by atoms with van der Waals surface area (Å²) in [5.41, 5.74) is -4.32. The number of esters is 2. The average molecular weight is 494 g/mol. The quantitative estimate of drug-likeness (QED) is 0.436. The zero-order chi connectivity index (χ0) is 24.5. The van der Waals surface area contributed by atoms with Crippen LogP contribution in [0.15, 0.2) is 34.7 Å². The van der Waals surface area contributed by atoms with Crippen molar-refractivity contribution in [2.75, 3.05) is 20.4 Å². The van der Waals surface area contributed by atoms with E-state index in [2.05, 4.69) is 10.1 Å². The average Bonchev–Trinajstić information content (AvgIpc) is 2.71. The molecule has 180 valence electrons. The molecule has 1 atom stereocenters. The van der Waals surface area contributed by atoms with Gasteiger partial charge in [-0.25, -0.2) is 18.4 Å². The molecule has 0 amide bonds. The number of ether oxygens (including phenoxy) is 2. The van der Waals surface area contributed by atoms with Crippen molar-refractivity contribution < 1.29 is 41.0 Å². The third-order valence-electron chi connectivity index (χ3n) is 5.79. The molecular weight excluding hydrogens is 473 g/mol. The van der Waals surface area contributed by atoms with Crippen molar-refractivity contribution in [2.45, 2.75) is 38.3 Å². The molecule has 1 heterocycles. The van der Waals surface area contributed by atoms with E-state index in [4.69, 9.17) is 16.3 Å². The van der Waals surface area contributed by atoms with E-state index in [-0.39, 0.29) is 18.2 Å². The van der Waals surface area contributed by atoms with Gasteiger partial charge in [-0.05, 0) is 37.8 Å². The smallest absolute Gasteiger partial charge is 0.418 e. The molecule has 3 rings (SSSR count). The van der Waals surface area contributed by atoms with Gasteiger partial charge in [-0.2, -0.15) is 13.2 Å². The lowest BCUT2D eigenvalue weighted by Gasteiger charge is -2.33. The second kappa shape index (κ2) is 9.70. The number of allylic oxidation sites excluding steroid dienone is 2. The molecule has 33 heavy (non-hydrogen) atoms. The third-order valence-corrected chi connectivity index (χ3v) is 6.11. The molecule has 1 aromatic carbocycles. The summed E-state index contributed by atoms with van der Waals surface area (Å²) in [7, 11) is 0.932. The van der Waals surface area contributed by atoms with Gasteiger partial charge in [0.05, 0.1) is 47.1 Å². The molecule has 1 fully saturated rings. The van der Waals surface area contributed by atoms with Crippen LogP contribution in [0.4, 0.5) is 22.0 Å². The summed E-state index contributed by atoms with van der Waals surface area (Å²) >= 11 is 5.79. The lowest BCUT2D eigenvalue weighted by atomic mass is 9.78. The van der Waals surface area contributed by atoms with Gasteiger partial charge in [0, 0.05) is 11.3 Å². The number of carbonyl (C=O) groups is 2. The molecule has 0 saturated heterocycles. The third kappa shape index (κ3) is 4.85. The highest BCUT2D eigenvalue weighted by Gasteiger charge is 2.46. The maximum Gasteiger partial charge on any atom is 0.418 e. The number of rotatable bonds is 6. The number of dihydropyridines is 1. The van der Waals surface area contributed by atoms with Gasteiger partial charge in [0.1, 0.15) is 12.5 Å². The van der Waals surface area contributed by atoms with Crippen LogP contribution in [-0.4, -0.2) is 32.3 Å². The number of methoxy groups -OCH3 is 1. The van der Waals surface area contributed by atoms with Crippen LogP contribution in [0, 0.1) is 11.7 Å². The minimum Gasteiger partial charge on any atom is -0.466 e. The first-order valence-electron chi connectivity index (χ1n) is 10.1. The first-order chi connectivity index (χ1) is 15.5. The summed E-state index contributed by atoms with van der Waals surface area (Å²) in [5, 5.41) is 1.67. The van der Waals surface area contributed by atoms with E-state index < -0.39 is 69.5 Å². The van der Waals surface area contributed by atoms with Crippen molar-refractivity contribution in [3.63, 3.8) is 0 Å². The molecule has 5 nitrogen and oxygen atoms in total. The molecule has 2 aliphatic rings. The molecule has 0 spiro atoms. The van der Waals surface area contributed by atoms with Crippen LogP contribution in [0.5, 0.6) is 0 Å². The first-order valence-corrected chi connectivity index (χ1v) is 10.5. The Bertz CT molecular complexity index is 1030. The number of benzene rings is 1. The van der Waals surface area contributed by atoms with E-state index in [9.17, 15) is 27.2 Å². The Labute approximate surface area is 191 Å². The Morgan fingerprint density at radius 2 is 1.85 bits per heavy atom. The highest BCUT2D eigenvalue weighted by molar-refractivity contribution is 6.31. The Hall–Kier alpha value is -2.62. The summed E-state index contributed by atoms with van der Waals surface area (Å²) in [6.07, 6.45) is -2.53. The van der Waals surface area contributed by atoms with E-state index >= 15 is 4.39 Å². The highest BCUT2D eigenvalue weighted by Crippen LogP contribution is 2.48. The van der Waals surface area contributed by atoms with Gasteiger partial charge < -0.3 is 14.8 Å². The molecule has 0 radical (unpaired) electrons.